The molecular weight excluding hydrogens is 462 g/mol. The van der Waals surface area contributed by atoms with Crippen molar-refractivity contribution in [3.05, 3.63) is 95.1 Å². The molecule has 0 spiro atoms. The number of benzene rings is 3. The number of aryl methyl sites for hydroxylation is 2. The van der Waals surface area contributed by atoms with Gasteiger partial charge in [0.1, 0.15) is 17.0 Å². The van der Waals surface area contributed by atoms with Crippen molar-refractivity contribution in [2.24, 2.45) is 0 Å². The van der Waals surface area contributed by atoms with Crippen LogP contribution in [0.3, 0.4) is 0 Å². The zero-order valence-corrected chi connectivity index (χ0v) is 21.0. The molecule has 0 unspecified atom stereocenters. The van der Waals surface area contributed by atoms with E-state index in [1.165, 1.54) is 5.56 Å². The second kappa shape index (κ2) is 9.40. The van der Waals surface area contributed by atoms with Crippen LogP contribution in [0.1, 0.15) is 58.6 Å². The first kappa shape index (κ1) is 23.3. The van der Waals surface area contributed by atoms with E-state index in [0.29, 0.717) is 34.0 Å². The molecule has 5 nitrogen and oxygen atoms in total. The van der Waals surface area contributed by atoms with Gasteiger partial charge in [-0.3, -0.25) is 0 Å². The lowest BCUT2D eigenvalue weighted by molar-refractivity contribution is 0.0698. The summed E-state index contributed by atoms with van der Waals surface area (Å²) in [5.41, 5.74) is 5.25. The maximum absolute atomic E-state index is 12.5. The van der Waals surface area contributed by atoms with Gasteiger partial charge in [-0.2, -0.15) is 0 Å². The van der Waals surface area contributed by atoms with Crippen molar-refractivity contribution in [1.29, 1.82) is 0 Å². The zero-order valence-electron chi connectivity index (χ0n) is 21.0. The van der Waals surface area contributed by atoms with Crippen LogP contribution in [0.25, 0.3) is 33.3 Å². The van der Waals surface area contributed by atoms with Gasteiger partial charge in [0.05, 0.1) is 22.6 Å². The van der Waals surface area contributed by atoms with Gasteiger partial charge in [0, 0.05) is 10.9 Å². The first-order valence-corrected chi connectivity index (χ1v) is 12.9. The summed E-state index contributed by atoms with van der Waals surface area (Å²) in [6.07, 6.45) is 4.09. The van der Waals surface area contributed by atoms with Crippen molar-refractivity contribution in [3.8, 4) is 17.2 Å². The smallest absolute Gasteiger partial charge is 0.336 e. The summed E-state index contributed by atoms with van der Waals surface area (Å²) in [5.74, 6) is 0.603. The lowest BCUT2D eigenvalue weighted by Gasteiger charge is -2.30. The summed E-state index contributed by atoms with van der Waals surface area (Å²) in [5, 5.41) is 11.8. The highest BCUT2D eigenvalue weighted by atomic mass is 16.5. The summed E-state index contributed by atoms with van der Waals surface area (Å²) in [7, 11) is 0. The monoisotopic (exact) mass is 491 g/mol. The Morgan fingerprint density at radius 3 is 2.57 bits per heavy atom. The lowest BCUT2D eigenvalue weighted by Crippen LogP contribution is -2.24. The third-order valence-electron chi connectivity index (χ3n) is 7.62. The van der Waals surface area contributed by atoms with Crippen molar-refractivity contribution in [3.63, 3.8) is 0 Å². The Balaban J connectivity index is 1.42. The number of carboxylic acid groups (broad SMARTS) is 1. The van der Waals surface area contributed by atoms with E-state index in [9.17, 15) is 9.90 Å². The summed E-state index contributed by atoms with van der Waals surface area (Å²) in [4.78, 5) is 17.5. The Hall–Kier alpha value is -4.12. The van der Waals surface area contributed by atoms with Crippen LogP contribution in [-0.4, -0.2) is 22.2 Å². The molecule has 1 N–H and O–H groups in total. The predicted octanol–water partition coefficient (Wildman–Crippen LogP) is 8.07. The minimum absolute atomic E-state index is 0.0174. The molecule has 0 saturated heterocycles. The normalized spacial score (nSPS) is 17.8. The van der Waals surface area contributed by atoms with E-state index in [1.807, 2.05) is 56.3 Å². The number of nitrogens with zero attached hydrogens (tertiary/aromatic N) is 1. The molecule has 0 radical (unpaired) electrons. The third kappa shape index (κ3) is 4.25. The quantitative estimate of drug-likeness (QED) is 0.269. The Kier molecular flexibility index (Phi) is 5.91. The van der Waals surface area contributed by atoms with Gasteiger partial charge in [0.2, 0.25) is 0 Å². The zero-order chi connectivity index (χ0) is 25.5. The maximum atomic E-state index is 12.5. The fourth-order valence-corrected chi connectivity index (χ4v) is 5.70. The number of carbonyl (C=O) groups is 1. The van der Waals surface area contributed by atoms with Crippen molar-refractivity contribution in [1.82, 2.24) is 4.98 Å². The summed E-state index contributed by atoms with van der Waals surface area (Å²) in [6, 6.07) is 23.8. The van der Waals surface area contributed by atoms with Crippen LogP contribution in [-0.2, 0) is 0 Å². The molecule has 37 heavy (non-hydrogen) atoms. The molecule has 0 aliphatic heterocycles. The highest BCUT2D eigenvalue weighted by Crippen LogP contribution is 2.40. The van der Waals surface area contributed by atoms with Crippen molar-refractivity contribution >= 4 is 27.8 Å². The largest absolute Gasteiger partial charge is 0.490 e. The number of rotatable bonds is 5. The Labute approximate surface area is 215 Å². The number of aromatic carboxylic acids is 1. The Bertz CT molecular complexity index is 1620. The molecule has 5 aromatic rings. The van der Waals surface area contributed by atoms with E-state index in [4.69, 9.17) is 14.1 Å². The van der Waals surface area contributed by atoms with Crippen LogP contribution in [0, 0.1) is 13.8 Å². The standard InChI is InChI=1S/C32H29NO4/c1-19-15-16-28(36-23-12-8-11-22(17-23)21-9-4-3-5-10-21)29-25(32(34)35)18-26(33-30(19)29)31-20(2)24-13-6-7-14-27(24)37-31/h3-7,9-10,13-16,18,22-23H,8,11-12,17H2,1-2H3,(H,34,35)/t22-,23-/m1/s1. The van der Waals surface area contributed by atoms with Gasteiger partial charge >= 0.3 is 5.97 Å². The molecule has 1 aliphatic carbocycles. The highest BCUT2D eigenvalue weighted by Gasteiger charge is 2.27. The Morgan fingerprint density at radius 2 is 1.78 bits per heavy atom. The van der Waals surface area contributed by atoms with E-state index in [2.05, 4.69) is 24.3 Å². The van der Waals surface area contributed by atoms with Gasteiger partial charge in [0.15, 0.2) is 5.76 Å². The van der Waals surface area contributed by atoms with Crippen LogP contribution < -0.4 is 4.74 Å². The van der Waals surface area contributed by atoms with Gasteiger partial charge in [-0.25, -0.2) is 9.78 Å². The van der Waals surface area contributed by atoms with Crippen LogP contribution in [0.5, 0.6) is 5.75 Å². The second-order valence-electron chi connectivity index (χ2n) is 10.0. The molecule has 6 rings (SSSR count). The van der Waals surface area contributed by atoms with Crippen LogP contribution in [0.4, 0.5) is 0 Å². The number of hydrogen-bond acceptors (Lipinski definition) is 4. The minimum atomic E-state index is -1.01. The number of hydrogen-bond donors (Lipinski definition) is 1. The first-order chi connectivity index (χ1) is 18.0. The molecule has 2 heterocycles. The van der Waals surface area contributed by atoms with Gasteiger partial charge in [-0.05, 0) is 74.8 Å². The fraction of sp³-hybridized carbons (Fsp3) is 0.250. The lowest BCUT2D eigenvalue weighted by atomic mass is 9.82. The molecule has 186 valence electrons. The number of fused-ring (bicyclic) bond motifs is 2. The van der Waals surface area contributed by atoms with E-state index in [-0.39, 0.29) is 11.7 Å². The molecule has 2 atom stereocenters. The van der Waals surface area contributed by atoms with Crippen LogP contribution in [0.15, 0.2) is 77.2 Å². The molecule has 3 aromatic carbocycles. The topological polar surface area (TPSA) is 72.6 Å². The molecule has 1 fully saturated rings. The van der Waals surface area contributed by atoms with Crippen LogP contribution >= 0.6 is 0 Å². The number of pyridine rings is 1. The molecule has 0 bridgehead atoms. The van der Waals surface area contributed by atoms with Gasteiger partial charge in [-0.15, -0.1) is 0 Å². The van der Waals surface area contributed by atoms with E-state index in [1.54, 1.807) is 6.07 Å². The average Bonchev–Trinajstić information content (AvgIpc) is 3.27. The summed E-state index contributed by atoms with van der Waals surface area (Å²) >= 11 is 0. The summed E-state index contributed by atoms with van der Waals surface area (Å²) in [6.45, 7) is 3.93. The number of para-hydroxylation sites is 1. The van der Waals surface area contributed by atoms with E-state index >= 15 is 0 Å². The highest BCUT2D eigenvalue weighted by molar-refractivity contribution is 6.07. The molecule has 1 saturated carbocycles. The van der Waals surface area contributed by atoms with Crippen molar-refractivity contribution in [2.45, 2.75) is 51.6 Å². The fourth-order valence-electron chi connectivity index (χ4n) is 5.70. The number of ether oxygens (including phenoxy) is 1. The molecule has 1 aliphatic rings. The van der Waals surface area contributed by atoms with Gasteiger partial charge in [-0.1, -0.05) is 54.6 Å². The molecule has 5 heteroatoms. The number of furan rings is 1. The SMILES string of the molecule is Cc1c(-c2cc(C(=O)O)c3c(O[C@@H]4CCC[C@@H](c5ccccc5)C4)ccc(C)c3n2)oc2ccccc12. The van der Waals surface area contributed by atoms with Gasteiger partial charge < -0.3 is 14.3 Å². The van der Waals surface area contributed by atoms with Crippen molar-refractivity contribution < 1.29 is 19.1 Å². The molecule has 2 aromatic heterocycles. The first-order valence-electron chi connectivity index (χ1n) is 12.9. The average molecular weight is 492 g/mol. The van der Waals surface area contributed by atoms with E-state index in [0.717, 1.165) is 47.8 Å². The molecular formula is C32H29NO4. The summed E-state index contributed by atoms with van der Waals surface area (Å²) < 4.78 is 12.7. The van der Waals surface area contributed by atoms with E-state index < -0.39 is 5.97 Å². The maximum Gasteiger partial charge on any atom is 0.336 e. The van der Waals surface area contributed by atoms with Gasteiger partial charge in [0.25, 0.3) is 0 Å². The number of carboxylic acids is 1. The second-order valence-corrected chi connectivity index (χ2v) is 10.0. The Morgan fingerprint density at radius 1 is 1.00 bits per heavy atom. The van der Waals surface area contributed by atoms with Crippen LogP contribution in [0.2, 0.25) is 0 Å². The third-order valence-corrected chi connectivity index (χ3v) is 7.62. The predicted molar refractivity (Wildman–Crippen MR) is 145 cm³/mol. The molecule has 0 amide bonds. The minimum Gasteiger partial charge on any atom is -0.490 e. The van der Waals surface area contributed by atoms with Crippen molar-refractivity contribution in [2.75, 3.05) is 0 Å². The number of aromatic nitrogens is 1.